The summed E-state index contributed by atoms with van der Waals surface area (Å²) < 4.78 is 5.48. The lowest BCUT2D eigenvalue weighted by molar-refractivity contribution is 0.242. The second-order valence-electron chi connectivity index (χ2n) is 4.13. The van der Waals surface area contributed by atoms with Gasteiger partial charge in [0.1, 0.15) is 5.76 Å². The van der Waals surface area contributed by atoms with Crippen LogP contribution in [0.5, 0.6) is 0 Å². The van der Waals surface area contributed by atoms with Crippen molar-refractivity contribution >= 4 is 0 Å². The van der Waals surface area contributed by atoms with Gasteiger partial charge in [-0.05, 0) is 43.4 Å². The van der Waals surface area contributed by atoms with Crippen LogP contribution >= 0.6 is 0 Å². The molecule has 0 aromatic rings. The number of hydrogen-bond donors (Lipinski definition) is 0. The predicted octanol–water partition coefficient (Wildman–Crippen LogP) is 4.73. The maximum atomic E-state index is 5.48. The maximum absolute atomic E-state index is 5.48. The highest BCUT2D eigenvalue weighted by Gasteiger charge is 2.04. The number of allylic oxidation sites excluding steroid dienone is 9. The van der Waals surface area contributed by atoms with E-state index < -0.39 is 0 Å². The molecule has 0 spiro atoms. The molecule has 0 bridgehead atoms. The minimum Gasteiger partial charge on any atom is -0.494 e. The minimum atomic E-state index is 0.451. The van der Waals surface area contributed by atoms with E-state index >= 15 is 0 Å². The molecule has 1 aliphatic carbocycles. The molecule has 0 amide bonds. The molecule has 1 nitrogen and oxygen atoms in total. The zero-order chi connectivity index (χ0) is 13.2. The molecule has 1 atom stereocenters. The van der Waals surface area contributed by atoms with Gasteiger partial charge in [0, 0.05) is 0 Å². The molecule has 0 fully saturated rings. The van der Waals surface area contributed by atoms with Gasteiger partial charge in [-0.3, -0.25) is 0 Å². The molecule has 0 N–H and O–H groups in total. The van der Waals surface area contributed by atoms with Gasteiger partial charge in [0.2, 0.25) is 0 Å². The average molecular weight is 242 g/mol. The lowest BCUT2D eigenvalue weighted by atomic mass is 9.98. The molecule has 18 heavy (non-hydrogen) atoms. The number of hydrogen-bond acceptors (Lipinski definition) is 1. The standard InChI is InChI=1S/C17H22O/c1-4-8-15(5-2)11-12-16-9-7-10-17(14-13-16)18-6-3/h4-5,7-10,13-14,16H,1-2,6,11-12H2,3H3/b15-8+. The maximum Gasteiger partial charge on any atom is 0.118 e. The Hall–Kier alpha value is -1.76. The Morgan fingerprint density at radius 1 is 1.39 bits per heavy atom. The molecule has 0 aromatic heterocycles. The average Bonchev–Trinajstić information content (AvgIpc) is 2.60. The van der Waals surface area contributed by atoms with E-state index in [1.807, 2.05) is 31.2 Å². The zero-order valence-corrected chi connectivity index (χ0v) is 11.1. The van der Waals surface area contributed by atoms with Crippen molar-refractivity contribution in [3.63, 3.8) is 0 Å². The summed E-state index contributed by atoms with van der Waals surface area (Å²) in [4.78, 5) is 0. The second-order valence-corrected chi connectivity index (χ2v) is 4.13. The molecule has 1 heteroatoms. The van der Waals surface area contributed by atoms with Gasteiger partial charge in [-0.25, -0.2) is 0 Å². The summed E-state index contributed by atoms with van der Waals surface area (Å²) in [6, 6.07) is 0. The van der Waals surface area contributed by atoms with E-state index in [4.69, 9.17) is 4.74 Å². The molecule has 96 valence electrons. The lowest BCUT2D eigenvalue weighted by Crippen LogP contribution is -1.93. The summed E-state index contributed by atoms with van der Waals surface area (Å²) in [5.41, 5.74) is 1.23. The fraction of sp³-hybridized carbons (Fsp3) is 0.294. The first-order valence-electron chi connectivity index (χ1n) is 6.43. The van der Waals surface area contributed by atoms with Crippen LogP contribution in [0.15, 0.2) is 73.1 Å². The largest absolute Gasteiger partial charge is 0.494 e. The SMILES string of the molecule is C=C/C=C(\C=C)CCC1C=CC=C(OCC)C=C1. The van der Waals surface area contributed by atoms with Crippen LogP contribution in [0.3, 0.4) is 0 Å². The van der Waals surface area contributed by atoms with Crippen molar-refractivity contribution in [3.05, 3.63) is 73.1 Å². The van der Waals surface area contributed by atoms with Crippen molar-refractivity contribution in [2.24, 2.45) is 5.92 Å². The van der Waals surface area contributed by atoms with Gasteiger partial charge in [0.25, 0.3) is 0 Å². The Labute approximate surface area is 111 Å². The molecule has 1 unspecified atom stereocenters. The van der Waals surface area contributed by atoms with Crippen molar-refractivity contribution < 1.29 is 4.74 Å². The van der Waals surface area contributed by atoms with Crippen LogP contribution in [0, 0.1) is 5.92 Å². The summed E-state index contributed by atoms with van der Waals surface area (Å²) in [6.45, 7) is 10.2. The van der Waals surface area contributed by atoms with E-state index in [9.17, 15) is 0 Å². The van der Waals surface area contributed by atoms with Crippen molar-refractivity contribution in [1.29, 1.82) is 0 Å². The predicted molar refractivity (Wildman–Crippen MR) is 79.2 cm³/mol. The molecular formula is C17H22O. The minimum absolute atomic E-state index is 0.451. The van der Waals surface area contributed by atoms with Crippen LogP contribution in [0.1, 0.15) is 19.8 Å². The monoisotopic (exact) mass is 242 g/mol. The molecular weight excluding hydrogens is 220 g/mol. The molecule has 0 aromatic carbocycles. The normalized spacial score (nSPS) is 19.1. The van der Waals surface area contributed by atoms with Crippen LogP contribution in [-0.2, 0) is 4.74 Å². The summed E-state index contributed by atoms with van der Waals surface area (Å²) in [5, 5.41) is 0. The number of ether oxygens (including phenoxy) is 1. The first-order valence-corrected chi connectivity index (χ1v) is 6.43. The Morgan fingerprint density at radius 2 is 2.22 bits per heavy atom. The molecule has 0 heterocycles. The first kappa shape index (κ1) is 14.3. The Bertz CT molecular complexity index is 394. The summed E-state index contributed by atoms with van der Waals surface area (Å²) >= 11 is 0. The third kappa shape index (κ3) is 5.05. The molecule has 0 saturated heterocycles. The van der Waals surface area contributed by atoms with Gasteiger partial charge in [-0.1, -0.05) is 49.6 Å². The highest BCUT2D eigenvalue weighted by atomic mass is 16.5. The summed E-state index contributed by atoms with van der Waals surface area (Å²) in [7, 11) is 0. The quantitative estimate of drug-likeness (QED) is 0.586. The van der Waals surface area contributed by atoms with E-state index in [1.54, 1.807) is 0 Å². The van der Waals surface area contributed by atoms with E-state index in [0.717, 1.165) is 18.6 Å². The van der Waals surface area contributed by atoms with Crippen molar-refractivity contribution in [2.45, 2.75) is 19.8 Å². The van der Waals surface area contributed by atoms with Crippen molar-refractivity contribution in [3.8, 4) is 0 Å². The molecule has 0 saturated carbocycles. The van der Waals surface area contributed by atoms with E-state index in [2.05, 4.69) is 37.5 Å². The Morgan fingerprint density at radius 3 is 2.89 bits per heavy atom. The van der Waals surface area contributed by atoms with Gasteiger partial charge in [0.05, 0.1) is 6.61 Å². The lowest BCUT2D eigenvalue weighted by Gasteiger charge is -2.07. The number of rotatable bonds is 7. The van der Waals surface area contributed by atoms with E-state index in [0.29, 0.717) is 12.5 Å². The highest BCUT2D eigenvalue weighted by molar-refractivity contribution is 5.26. The van der Waals surface area contributed by atoms with Gasteiger partial charge in [-0.15, -0.1) is 0 Å². The third-order valence-electron chi connectivity index (χ3n) is 2.80. The summed E-state index contributed by atoms with van der Waals surface area (Å²) in [6.07, 6.45) is 18.3. The zero-order valence-electron chi connectivity index (χ0n) is 11.1. The van der Waals surface area contributed by atoms with E-state index in [1.165, 1.54) is 5.57 Å². The van der Waals surface area contributed by atoms with Gasteiger partial charge >= 0.3 is 0 Å². The fourth-order valence-electron chi connectivity index (χ4n) is 1.82. The third-order valence-corrected chi connectivity index (χ3v) is 2.80. The Balaban J connectivity index is 2.51. The molecule has 0 radical (unpaired) electrons. The van der Waals surface area contributed by atoms with Gasteiger partial charge in [0.15, 0.2) is 0 Å². The van der Waals surface area contributed by atoms with E-state index in [-0.39, 0.29) is 0 Å². The topological polar surface area (TPSA) is 9.23 Å². The molecule has 1 rings (SSSR count). The van der Waals surface area contributed by atoms with Crippen LogP contribution in [0.2, 0.25) is 0 Å². The van der Waals surface area contributed by atoms with Crippen LogP contribution < -0.4 is 0 Å². The highest BCUT2D eigenvalue weighted by Crippen LogP contribution is 2.19. The van der Waals surface area contributed by atoms with Crippen molar-refractivity contribution in [1.82, 2.24) is 0 Å². The smallest absolute Gasteiger partial charge is 0.118 e. The second kappa shape index (κ2) is 8.35. The van der Waals surface area contributed by atoms with Crippen LogP contribution in [0.4, 0.5) is 0 Å². The van der Waals surface area contributed by atoms with Crippen LogP contribution in [0.25, 0.3) is 0 Å². The van der Waals surface area contributed by atoms with Gasteiger partial charge in [-0.2, -0.15) is 0 Å². The fourth-order valence-corrected chi connectivity index (χ4v) is 1.82. The van der Waals surface area contributed by atoms with Crippen LogP contribution in [-0.4, -0.2) is 6.61 Å². The molecule has 0 aliphatic heterocycles. The Kier molecular flexibility index (Phi) is 6.63. The summed E-state index contributed by atoms with van der Waals surface area (Å²) in [5.74, 6) is 1.38. The van der Waals surface area contributed by atoms with Gasteiger partial charge < -0.3 is 4.74 Å². The molecule has 1 aliphatic rings. The van der Waals surface area contributed by atoms with Crippen molar-refractivity contribution in [2.75, 3.05) is 6.61 Å². The first-order chi connectivity index (χ1) is 8.80.